The lowest BCUT2D eigenvalue weighted by Gasteiger charge is -2.44. The number of carbonyl (C=O) groups is 2. The van der Waals surface area contributed by atoms with Gasteiger partial charge in [-0.05, 0) is 49.4 Å². The minimum absolute atomic E-state index is 0. The number of nitrogens with one attached hydrogen (secondary N) is 1. The third-order valence-corrected chi connectivity index (χ3v) is 10.8. The molecule has 1 rings (SSSR count). The third kappa shape index (κ3) is 34.4. The minimum Gasteiger partial charge on any atom is -0.457 e. The monoisotopic (exact) mass is 1020 g/mol. The van der Waals surface area contributed by atoms with Crippen molar-refractivity contribution in [1.29, 1.82) is 0 Å². The van der Waals surface area contributed by atoms with E-state index in [-0.39, 0.29) is 23.7 Å². The maximum Gasteiger partial charge on any atom is 0.472 e. The van der Waals surface area contributed by atoms with Gasteiger partial charge in [-0.25, -0.2) is 13.7 Å². The van der Waals surface area contributed by atoms with Crippen molar-refractivity contribution in [3.8, 4) is 71.2 Å². The first-order valence-corrected chi connectivity index (χ1v) is 26.0. The molecule has 24 heteroatoms. The first kappa shape index (κ1) is 63.4. The fraction of sp³-hybridized carbons (Fsp3) is 0.674. The SMILES string of the molecule is CC#CC#CC#CC#CC#CC#CNC(=O)CCC.CCCCCCCCCCCCCCCC(=O)O[C@H](COCO)COP(=O)(O)OC1C(O)[C@H](OP(=O)(O)O)C(O)C(OP(=O)(O)O)[C@@H]1O.[HH].[HH].[HH].[HH].[HH].[HH].[HH].[HH]. The molecule has 0 heterocycles. The van der Waals surface area contributed by atoms with Crippen LogP contribution in [0.3, 0.4) is 0 Å². The van der Waals surface area contributed by atoms with Gasteiger partial charge in [0.15, 0.2) is 0 Å². The van der Waals surface area contributed by atoms with Crippen LogP contribution < -0.4 is 5.32 Å². The van der Waals surface area contributed by atoms with Crippen LogP contribution >= 0.6 is 23.5 Å². The largest absolute Gasteiger partial charge is 0.472 e. The van der Waals surface area contributed by atoms with Crippen LogP contribution in [0.25, 0.3) is 0 Å². The van der Waals surface area contributed by atoms with Gasteiger partial charge in [0.2, 0.25) is 5.91 Å². The number of rotatable bonds is 29. The lowest BCUT2D eigenvalue weighted by atomic mass is 9.85. The van der Waals surface area contributed by atoms with E-state index in [0.29, 0.717) is 12.8 Å². The maximum absolute atomic E-state index is 12.7. The molecule has 0 aromatic carbocycles. The van der Waals surface area contributed by atoms with E-state index in [1.165, 1.54) is 51.4 Å². The quantitative estimate of drug-likeness (QED) is 0.0120. The van der Waals surface area contributed by atoms with Gasteiger partial charge in [0.25, 0.3) is 0 Å². The Hall–Kier alpha value is -3.57. The summed E-state index contributed by atoms with van der Waals surface area (Å²) in [5, 5.41) is 42.6. The van der Waals surface area contributed by atoms with E-state index in [4.69, 9.17) is 43.2 Å². The number of carbonyl (C=O) groups excluding carboxylic acids is 2. The summed E-state index contributed by atoms with van der Waals surface area (Å²) in [7, 11) is -16.4. The van der Waals surface area contributed by atoms with Crippen LogP contribution in [0, 0.1) is 71.2 Å². The normalized spacial score (nSPS) is 19.8. The van der Waals surface area contributed by atoms with Gasteiger partial charge in [0.1, 0.15) is 49.5 Å². The van der Waals surface area contributed by atoms with Crippen molar-refractivity contribution >= 4 is 35.3 Å². The van der Waals surface area contributed by atoms with Gasteiger partial charge in [-0.15, -0.1) is 0 Å². The molecule has 0 aliphatic heterocycles. The van der Waals surface area contributed by atoms with Crippen molar-refractivity contribution < 1.29 is 107 Å². The molecule has 0 spiro atoms. The van der Waals surface area contributed by atoms with Gasteiger partial charge in [-0.1, -0.05) is 96.8 Å². The second-order valence-electron chi connectivity index (χ2n) is 14.5. The molecule has 1 aliphatic rings. The standard InChI is InChI=1S/C26H53O19P3.C17H11NO.8H2/c1-2-3-4-5-6-7-8-9-10-11-12-13-14-15-20(28)42-19(16-40-18-27)17-41-48(38,39)45-26-22(30)24(43-46(32,33)34)21(29)25(23(26)31)44-47(35,36)37;1-3-5-6-7-8-9-10-11-12-13-14-16-18-17(19)15-4-2;;;;;;;;/h19,21-27,29-31H,2-18H2,1H3,(H,38,39)(H2,32,33,34)(H2,35,36,37);4,15H2,1-2H3,(H,18,19);8*1H/t19-,21?,22+,23?,24?,25-,26?;;;;;;;;;/m1........./s1. The fourth-order valence-corrected chi connectivity index (χ4v) is 7.89. The number of ether oxygens (including phenoxy) is 2. The van der Waals surface area contributed by atoms with Crippen LogP contribution in [0.4, 0.5) is 0 Å². The minimum atomic E-state index is -5.51. The lowest BCUT2D eigenvalue weighted by molar-refractivity contribution is -0.213. The van der Waals surface area contributed by atoms with Crippen LogP contribution in [-0.4, -0.2) is 120 Å². The zero-order valence-electron chi connectivity index (χ0n) is 37.8. The molecular weight excluding hydrogens is 943 g/mol. The van der Waals surface area contributed by atoms with Crippen molar-refractivity contribution in [2.75, 3.05) is 20.0 Å². The van der Waals surface area contributed by atoms with E-state index in [9.17, 15) is 43.5 Å². The van der Waals surface area contributed by atoms with E-state index >= 15 is 0 Å². The number of amides is 1. The topological polar surface area (TPSA) is 335 Å². The van der Waals surface area contributed by atoms with Crippen LogP contribution in [0.2, 0.25) is 0 Å². The highest BCUT2D eigenvalue weighted by Gasteiger charge is 2.56. The number of unbranched alkanes of at least 4 members (excludes halogenated alkanes) is 12. The van der Waals surface area contributed by atoms with Crippen molar-refractivity contribution in [2.24, 2.45) is 0 Å². The Morgan fingerprint density at radius 2 is 1.00 bits per heavy atom. The molecule has 1 fully saturated rings. The molecule has 1 aliphatic carbocycles. The average molecular weight is 1020 g/mol. The van der Waals surface area contributed by atoms with Crippen molar-refractivity contribution in [3.63, 3.8) is 0 Å². The smallest absolute Gasteiger partial charge is 0.457 e. The van der Waals surface area contributed by atoms with Crippen LogP contribution in [0.1, 0.15) is 135 Å². The average Bonchev–Trinajstić information content (AvgIpc) is 3.25. The van der Waals surface area contributed by atoms with E-state index in [1.807, 2.05) is 6.92 Å². The first-order chi connectivity index (χ1) is 31.7. The number of phosphoric ester groups is 3. The number of aliphatic hydroxyl groups excluding tert-OH is 4. The Bertz CT molecular complexity index is 2000. The van der Waals surface area contributed by atoms with Gasteiger partial charge >= 0.3 is 29.4 Å². The number of aliphatic hydroxyl groups is 4. The summed E-state index contributed by atoms with van der Waals surface area (Å²) < 4.78 is 63.4. The summed E-state index contributed by atoms with van der Waals surface area (Å²) in [6, 6.07) is 2.43. The summed E-state index contributed by atoms with van der Waals surface area (Å²) in [6.07, 6.45) is -0.492. The Morgan fingerprint density at radius 3 is 1.42 bits per heavy atom. The van der Waals surface area contributed by atoms with E-state index < -0.39 is 92.2 Å². The molecule has 0 saturated heterocycles. The van der Waals surface area contributed by atoms with E-state index in [1.54, 1.807) is 6.92 Å². The summed E-state index contributed by atoms with van der Waals surface area (Å²) in [6.45, 7) is 3.64. The second kappa shape index (κ2) is 37.3. The van der Waals surface area contributed by atoms with Gasteiger partial charge in [-0.3, -0.25) is 33.0 Å². The second-order valence-corrected chi connectivity index (χ2v) is 18.2. The molecule has 0 aromatic heterocycles. The highest BCUT2D eigenvalue weighted by molar-refractivity contribution is 7.47. The number of hydrogen-bond acceptors (Lipinski definition) is 15. The molecule has 1 saturated carbocycles. The predicted molar refractivity (Wildman–Crippen MR) is 258 cm³/mol. The Balaban J connectivity index is -0.000000198. The Kier molecular flexibility index (Phi) is 35.4. The van der Waals surface area contributed by atoms with E-state index in [0.717, 1.165) is 32.1 Å². The number of esters is 1. The molecule has 392 valence electrons. The molecule has 0 bridgehead atoms. The molecule has 0 aromatic rings. The lowest BCUT2D eigenvalue weighted by Crippen LogP contribution is -2.65. The molecule has 10 N–H and O–H groups in total. The van der Waals surface area contributed by atoms with Gasteiger partial charge in [-0.2, -0.15) is 0 Å². The zero-order valence-corrected chi connectivity index (χ0v) is 40.5. The highest BCUT2D eigenvalue weighted by atomic mass is 31.2. The summed E-state index contributed by atoms with van der Waals surface area (Å²) in [5.41, 5.74) is 0. The van der Waals surface area contributed by atoms with Crippen molar-refractivity contribution in [2.45, 2.75) is 166 Å². The Morgan fingerprint density at radius 1 is 0.582 bits per heavy atom. The molecular formula is C43H80NO20P3. The number of phosphoric acid groups is 3. The Labute approximate surface area is 404 Å². The van der Waals surface area contributed by atoms with Gasteiger partial charge < -0.3 is 54.4 Å². The van der Waals surface area contributed by atoms with Crippen molar-refractivity contribution in [1.82, 2.24) is 5.32 Å². The molecule has 0 radical (unpaired) electrons. The van der Waals surface area contributed by atoms with Crippen molar-refractivity contribution in [3.05, 3.63) is 0 Å². The van der Waals surface area contributed by atoms with Crippen LogP contribution in [-0.2, 0) is 50.9 Å². The highest BCUT2D eigenvalue weighted by Crippen LogP contribution is 2.51. The molecule has 8 atom stereocenters. The summed E-state index contributed by atoms with van der Waals surface area (Å²) in [5.74, 6) is 26.8. The van der Waals surface area contributed by atoms with Gasteiger partial charge in [0, 0.05) is 59.9 Å². The predicted octanol–water partition coefficient (Wildman–Crippen LogP) is 4.77. The molecule has 1 amide bonds. The first-order valence-electron chi connectivity index (χ1n) is 21.5. The molecule has 5 unspecified atom stereocenters. The van der Waals surface area contributed by atoms with E-state index in [2.05, 4.69) is 92.5 Å². The summed E-state index contributed by atoms with van der Waals surface area (Å²) in [4.78, 5) is 70.1. The van der Waals surface area contributed by atoms with Crippen LogP contribution in [0.15, 0.2) is 0 Å². The zero-order chi connectivity index (χ0) is 50.6. The number of hydrogen-bond donors (Lipinski definition) is 10. The fourth-order valence-electron chi connectivity index (χ4n) is 5.79. The van der Waals surface area contributed by atoms with Crippen LogP contribution in [0.5, 0.6) is 0 Å². The maximum atomic E-state index is 12.7. The third-order valence-electron chi connectivity index (χ3n) is 8.82. The molecule has 67 heavy (non-hydrogen) atoms. The molecule has 21 nitrogen and oxygen atoms in total. The summed E-state index contributed by atoms with van der Waals surface area (Å²) >= 11 is 0. The van der Waals surface area contributed by atoms with Gasteiger partial charge in [0.05, 0.1) is 13.2 Å².